The molecule has 2 unspecified atom stereocenters. The molecule has 126 valence electrons. The maximum atomic E-state index is 12.1. The van der Waals surface area contributed by atoms with Gasteiger partial charge < -0.3 is 9.72 Å². The number of hydrogen-bond donors (Lipinski definition) is 1. The Morgan fingerprint density at radius 3 is 2.38 bits per heavy atom. The molecule has 0 amide bonds. The minimum Gasteiger partial charge on any atom is -0.497 e. The first-order chi connectivity index (χ1) is 12.6. The lowest BCUT2D eigenvalue weighted by molar-refractivity contribution is 0.414. The lowest BCUT2D eigenvalue weighted by Gasteiger charge is -2.06. The summed E-state index contributed by atoms with van der Waals surface area (Å²) in [5.74, 6) is 0.0822. The standard InChI is InChI=1S/C21H15N3O2/c1-26-14-8-6-13(7-9-14)19-20(21(19,11-22)12-23)16-10-18(25)24-17-5-3-2-4-15(16)17/h2-10,19-20H,1H3,(H,24,25). The van der Waals surface area contributed by atoms with Gasteiger partial charge in [-0.25, -0.2) is 0 Å². The van der Waals surface area contributed by atoms with Crippen molar-refractivity contribution in [3.8, 4) is 17.9 Å². The zero-order valence-electron chi connectivity index (χ0n) is 14.1. The van der Waals surface area contributed by atoms with E-state index < -0.39 is 5.41 Å². The first-order valence-corrected chi connectivity index (χ1v) is 8.23. The molecule has 0 aliphatic heterocycles. The lowest BCUT2D eigenvalue weighted by atomic mass is 9.99. The van der Waals surface area contributed by atoms with Gasteiger partial charge >= 0.3 is 0 Å². The van der Waals surface area contributed by atoms with Crippen LogP contribution in [-0.2, 0) is 0 Å². The van der Waals surface area contributed by atoms with Gasteiger partial charge in [-0.15, -0.1) is 0 Å². The number of nitrogens with one attached hydrogen (secondary N) is 1. The van der Waals surface area contributed by atoms with Gasteiger partial charge in [0.15, 0.2) is 5.41 Å². The summed E-state index contributed by atoms with van der Waals surface area (Å²) < 4.78 is 5.18. The molecule has 1 heterocycles. The summed E-state index contributed by atoms with van der Waals surface area (Å²) in [4.78, 5) is 14.9. The van der Waals surface area contributed by atoms with Gasteiger partial charge in [0.2, 0.25) is 5.56 Å². The van der Waals surface area contributed by atoms with Crippen molar-refractivity contribution in [1.82, 2.24) is 4.98 Å². The van der Waals surface area contributed by atoms with E-state index in [1.54, 1.807) is 7.11 Å². The van der Waals surface area contributed by atoms with Gasteiger partial charge in [0.25, 0.3) is 0 Å². The van der Waals surface area contributed by atoms with Crippen LogP contribution >= 0.6 is 0 Å². The molecule has 2 aromatic carbocycles. The van der Waals surface area contributed by atoms with Crippen LogP contribution in [-0.4, -0.2) is 12.1 Å². The molecule has 2 atom stereocenters. The van der Waals surface area contributed by atoms with Crippen LogP contribution in [0.1, 0.15) is 23.0 Å². The number of para-hydroxylation sites is 1. The van der Waals surface area contributed by atoms with Crippen molar-refractivity contribution < 1.29 is 4.74 Å². The van der Waals surface area contributed by atoms with Crippen LogP contribution in [0.4, 0.5) is 0 Å². The van der Waals surface area contributed by atoms with E-state index in [0.717, 1.165) is 16.5 Å². The lowest BCUT2D eigenvalue weighted by Crippen LogP contribution is -2.07. The number of hydrogen-bond acceptors (Lipinski definition) is 4. The Hall–Kier alpha value is -3.57. The first-order valence-electron chi connectivity index (χ1n) is 8.23. The zero-order valence-corrected chi connectivity index (χ0v) is 14.1. The van der Waals surface area contributed by atoms with Gasteiger partial charge in [0, 0.05) is 28.8 Å². The van der Waals surface area contributed by atoms with E-state index in [0.29, 0.717) is 11.3 Å². The number of benzene rings is 2. The molecule has 1 aliphatic rings. The van der Waals surface area contributed by atoms with Crippen LogP contribution in [0.25, 0.3) is 10.9 Å². The van der Waals surface area contributed by atoms with Gasteiger partial charge in [0.05, 0.1) is 19.2 Å². The third-order valence-electron chi connectivity index (χ3n) is 5.17. The molecule has 5 nitrogen and oxygen atoms in total. The monoisotopic (exact) mass is 341 g/mol. The number of aromatic nitrogens is 1. The van der Waals surface area contributed by atoms with E-state index >= 15 is 0 Å². The number of aromatic amines is 1. The number of pyridine rings is 1. The second-order valence-electron chi connectivity index (χ2n) is 6.46. The van der Waals surface area contributed by atoms with Crippen LogP contribution in [0.2, 0.25) is 0 Å². The number of nitrogens with zero attached hydrogens (tertiary/aromatic N) is 2. The smallest absolute Gasteiger partial charge is 0.248 e. The number of methoxy groups -OCH3 is 1. The fraction of sp³-hybridized carbons (Fsp3) is 0.190. The molecule has 1 fully saturated rings. The second kappa shape index (κ2) is 5.75. The average molecular weight is 341 g/mol. The van der Waals surface area contributed by atoms with Gasteiger partial charge in [0.1, 0.15) is 5.75 Å². The van der Waals surface area contributed by atoms with Crippen LogP contribution in [0.15, 0.2) is 59.4 Å². The van der Waals surface area contributed by atoms with Crippen LogP contribution in [0.3, 0.4) is 0 Å². The molecule has 1 N–H and O–H groups in total. The van der Waals surface area contributed by atoms with E-state index in [1.165, 1.54) is 6.07 Å². The SMILES string of the molecule is COc1ccc(C2C(c3cc(=O)[nH]c4ccccc34)C2(C#N)C#N)cc1. The number of fused-ring (bicyclic) bond motifs is 1. The predicted octanol–water partition coefficient (Wildman–Crippen LogP) is 3.45. The van der Waals surface area contributed by atoms with Gasteiger partial charge in [-0.2, -0.15) is 10.5 Å². The van der Waals surface area contributed by atoms with Gasteiger partial charge in [-0.3, -0.25) is 4.79 Å². The van der Waals surface area contributed by atoms with Crippen LogP contribution in [0.5, 0.6) is 5.75 Å². The van der Waals surface area contributed by atoms with Crippen molar-refractivity contribution in [2.45, 2.75) is 11.8 Å². The summed E-state index contributed by atoms with van der Waals surface area (Å²) in [6, 6.07) is 20.8. The molecule has 1 aromatic heterocycles. The highest BCUT2D eigenvalue weighted by Gasteiger charge is 2.68. The molecule has 3 aromatic rings. The summed E-state index contributed by atoms with van der Waals surface area (Å²) in [6.07, 6.45) is 0. The number of rotatable bonds is 3. The molecule has 1 saturated carbocycles. The zero-order chi connectivity index (χ0) is 18.3. The quantitative estimate of drug-likeness (QED) is 0.790. The highest BCUT2D eigenvalue weighted by molar-refractivity contribution is 5.84. The van der Waals surface area contributed by atoms with E-state index in [4.69, 9.17) is 4.74 Å². The van der Waals surface area contributed by atoms with E-state index in [2.05, 4.69) is 17.1 Å². The van der Waals surface area contributed by atoms with Crippen molar-refractivity contribution in [3.05, 3.63) is 76.1 Å². The van der Waals surface area contributed by atoms with E-state index in [1.807, 2.05) is 48.5 Å². The summed E-state index contributed by atoms with van der Waals surface area (Å²) in [5.41, 5.74) is 0.936. The number of ether oxygens (including phenoxy) is 1. The molecule has 0 radical (unpaired) electrons. The van der Waals surface area contributed by atoms with Crippen molar-refractivity contribution in [2.24, 2.45) is 5.41 Å². The Balaban J connectivity index is 1.89. The minimum absolute atomic E-state index is 0.233. The second-order valence-corrected chi connectivity index (χ2v) is 6.46. The molecule has 5 heteroatoms. The summed E-state index contributed by atoms with van der Waals surface area (Å²) in [6.45, 7) is 0. The van der Waals surface area contributed by atoms with Crippen molar-refractivity contribution >= 4 is 10.9 Å². The van der Waals surface area contributed by atoms with E-state index in [-0.39, 0.29) is 17.4 Å². The third kappa shape index (κ3) is 2.18. The first kappa shape index (κ1) is 15.9. The molecule has 4 rings (SSSR count). The fourth-order valence-electron chi connectivity index (χ4n) is 3.87. The predicted molar refractivity (Wildman–Crippen MR) is 96.7 cm³/mol. The van der Waals surface area contributed by atoms with Crippen molar-refractivity contribution in [3.63, 3.8) is 0 Å². The summed E-state index contributed by atoms with van der Waals surface area (Å²) >= 11 is 0. The van der Waals surface area contributed by atoms with Crippen molar-refractivity contribution in [2.75, 3.05) is 7.11 Å². The largest absolute Gasteiger partial charge is 0.497 e. The Labute approximate surface area is 150 Å². The Bertz CT molecular complexity index is 1120. The maximum absolute atomic E-state index is 12.1. The fourth-order valence-corrected chi connectivity index (χ4v) is 3.87. The Morgan fingerprint density at radius 2 is 1.73 bits per heavy atom. The van der Waals surface area contributed by atoms with Gasteiger partial charge in [-0.1, -0.05) is 30.3 Å². The molecular formula is C21H15N3O2. The van der Waals surface area contributed by atoms with Gasteiger partial charge in [-0.05, 0) is 29.3 Å². The summed E-state index contributed by atoms with van der Waals surface area (Å²) in [5, 5.41) is 20.4. The highest BCUT2D eigenvalue weighted by atomic mass is 16.5. The van der Waals surface area contributed by atoms with Crippen LogP contribution < -0.4 is 10.3 Å². The molecule has 0 spiro atoms. The van der Waals surface area contributed by atoms with Crippen molar-refractivity contribution in [1.29, 1.82) is 10.5 Å². The summed E-state index contributed by atoms with van der Waals surface area (Å²) in [7, 11) is 1.59. The molecule has 26 heavy (non-hydrogen) atoms. The molecule has 0 bridgehead atoms. The maximum Gasteiger partial charge on any atom is 0.248 e. The van der Waals surface area contributed by atoms with Crippen LogP contribution in [0, 0.1) is 28.1 Å². The minimum atomic E-state index is -1.18. The normalized spacial score (nSPS) is 20.1. The Morgan fingerprint density at radius 1 is 1.04 bits per heavy atom. The highest BCUT2D eigenvalue weighted by Crippen LogP contribution is 2.70. The topological polar surface area (TPSA) is 89.7 Å². The molecule has 0 saturated heterocycles. The third-order valence-corrected chi connectivity index (χ3v) is 5.17. The number of H-pyrrole nitrogens is 1. The van der Waals surface area contributed by atoms with E-state index in [9.17, 15) is 15.3 Å². The number of nitriles is 2. The average Bonchev–Trinajstić information content (AvgIpc) is 3.36. The molecule has 1 aliphatic carbocycles. The molecular weight excluding hydrogens is 326 g/mol. The Kier molecular flexibility index (Phi) is 3.52.